The normalized spacial score (nSPS) is 14.2. The standard InChI is InChI=1S/C68H48N2/c1-67(2)57-37-45(43-29-33-65-55(35-43)51-21-9-11-23-63(51)69(65)61-25-13-17-41-15-5-7-19-47(41)61)27-31-49(57)53-40-60-54(39-59(53)67)50-32-28-46(38-58(50)68(60,3)4)44-30-34-66-56(36-44)52-22-10-12-24-64(52)70(66)62-26-14-18-42-16-6-8-20-48(42)62/h5-40H,1-4H3. The van der Waals surface area contributed by atoms with Gasteiger partial charge in [0.1, 0.15) is 0 Å². The topological polar surface area (TPSA) is 9.86 Å². The molecule has 0 radical (unpaired) electrons. The van der Waals surface area contributed by atoms with Gasteiger partial charge in [-0.25, -0.2) is 0 Å². The Morgan fingerprint density at radius 1 is 0.257 bits per heavy atom. The first-order valence-electron chi connectivity index (χ1n) is 24.7. The molecule has 0 unspecified atom stereocenters. The van der Waals surface area contributed by atoms with Gasteiger partial charge in [0.25, 0.3) is 0 Å². The molecule has 11 aromatic carbocycles. The summed E-state index contributed by atoms with van der Waals surface area (Å²) in [5, 5.41) is 10.1. The molecule has 2 aliphatic carbocycles. The van der Waals surface area contributed by atoms with E-state index < -0.39 is 0 Å². The van der Waals surface area contributed by atoms with Gasteiger partial charge in [-0.3, -0.25) is 0 Å². The first-order chi connectivity index (χ1) is 34.2. The third-order valence-corrected chi connectivity index (χ3v) is 16.5. The van der Waals surface area contributed by atoms with E-state index in [2.05, 4.69) is 255 Å². The second-order valence-corrected chi connectivity index (χ2v) is 20.9. The average Bonchev–Trinajstić information content (AvgIpc) is 4.05. The number of rotatable bonds is 4. The van der Waals surface area contributed by atoms with Crippen molar-refractivity contribution in [1.82, 2.24) is 9.13 Å². The molecule has 0 saturated carbocycles. The van der Waals surface area contributed by atoms with Gasteiger partial charge >= 0.3 is 0 Å². The van der Waals surface area contributed by atoms with Crippen molar-refractivity contribution in [1.29, 1.82) is 0 Å². The lowest BCUT2D eigenvalue weighted by Gasteiger charge is -2.24. The van der Waals surface area contributed by atoms with Gasteiger partial charge in [-0.05, 0) is 150 Å². The maximum Gasteiger partial charge on any atom is 0.0541 e. The van der Waals surface area contributed by atoms with Crippen LogP contribution in [0.5, 0.6) is 0 Å². The van der Waals surface area contributed by atoms with Gasteiger partial charge in [-0.1, -0.05) is 173 Å². The molecule has 0 fully saturated rings. The molecule has 2 aromatic heterocycles. The van der Waals surface area contributed by atoms with Crippen LogP contribution in [0.2, 0.25) is 0 Å². The van der Waals surface area contributed by atoms with Crippen LogP contribution in [-0.2, 0) is 10.8 Å². The van der Waals surface area contributed by atoms with Crippen LogP contribution in [0.4, 0.5) is 0 Å². The molecule has 0 aliphatic heterocycles. The van der Waals surface area contributed by atoms with Crippen LogP contribution in [0.15, 0.2) is 218 Å². The summed E-state index contributed by atoms with van der Waals surface area (Å²) in [6.45, 7) is 9.69. The highest BCUT2D eigenvalue weighted by molar-refractivity contribution is 6.13. The molecule has 0 bridgehead atoms. The SMILES string of the molecule is CC1(C)c2cc(-c3ccc4c(c3)c3ccccc3n4-c3cccc4ccccc34)ccc2-c2cc3c(cc21)-c1ccc(-c2ccc4c(c2)c2ccccc2n4-c2cccc4ccccc24)cc1C3(C)C. The molecule has 15 rings (SSSR count). The quantitative estimate of drug-likeness (QED) is 0.167. The predicted octanol–water partition coefficient (Wildman–Crippen LogP) is 18.1. The molecule has 0 atom stereocenters. The van der Waals surface area contributed by atoms with E-state index in [1.807, 2.05) is 0 Å². The van der Waals surface area contributed by atoms with Gasteiger partial charge in [0.2, 0.25) is 0 Å². The number of fused-ring (bicyclic) bond motifs is 14. The molecule has 2 aliphatic rings. The summed E-state index contributed by atoms with van der Waals surface area (Å²) in [4.78, 5) is 0. The zero-order valence-electron chi connectivity index (χ0n) is 39.7. The van der Waals surface area contributed by atoms with E-state index in [9.17, 15) is 0 Å². The lowest BCUT2D eigenvalue weighted by atomic mass is 9.79. The predicted molar refractivity (Wildman–Crippen MR) is 296 cm³/mol. The zero-order valence-corrected chi connectivity index (χ0v) is 39.7. The summed E-state index contributed by atoms with van der Waals surface area (Å²) in [5.74, 6) is 0. The van der Waals surface area contributed by atoms with Crippen molar-refractivity contribution in [2.45, 2.75) is 38.5 Å². The molecular formula is C68H48N2. The van der Waals surface area contributed by atoms with E-state index in [0.29, 0.717) is 0 Å². The molecule has 0 N–H and O–H groups in total. The number of aromatic nitrogens is 2. The van der Waals surface area contributed by atoms with Gasteiger partial charge in [0, 0.05) is 43.1 Å². The van der Waals surface area contributed by atoms with Crippen molar-refractivity contribution < 1.29 is 0 Å². The molecule has 0 amide bonds. The summed E-state index contributed by atoms with van der Waals surface area (Å²) in [7, 11) is 0. The molecule has 2 nitrogen and oxygen atoms in total. The highest BCUT2D eigenvalue weighted by atomic mass is 15.0. The van der Waals surface area contributed by atoms with Crippen molar-refractivity contribution >= 4 is 65.2 Å². The van der Waals surface area contributed by atoms with Gasteiger partial charge in [0.05, 0.1) is 33.4 Å². The Morgan fingerprint density at radius 3 is 1.06 bits per heavy atom. The fraction of sp³-hybridized carbons (Fsp3) is 0.0882. The maximum atomic E-state index is 2.54. The minimum atomic E-state index is -0.169. The van der Waals surface area contributed by atoms with Crippen molar-refractivity contribution in [3.05, 3.63) is 241 Å². The molecule has 13 aromatic rings. The average molecular weight is 893 g/mol. The van der Waals surface area contributed by atoms with Crippen molar-refractivity contribution in [2.24, 2.45) is 0 Å². The Kier molecular flexibility index (Phi) is 7.94. The van der Waals surface area contributed by atoms with Crippen LogP contribution in [0.1, 0.15) is 49.9 Å². The van der Waals surface area contributed by atoms with E-state index in [-0.39, 0.29) is 10.8 Å². The number of hydrogen-bond donors (Lipinski definition) is 0. The summed E-state index contributed by atoms with van der Waals surface area (Å²) in [6, 6.07) is 82.1. The first-order valence-corrected chi connectivity index (χ1v) is 24.7. The molecule has 0 saturated heterocycles. The monoisotopic (exact) mass is 892 g/mol. The van der Waals surface area contributed by atoms with Crippen LogP contribution in [0.3, 0.4) is 0 Å². The molecule has 70 heavy (non-hydrogen) atoms. The third kappa shape index (κ3) is 5.34. The van der Waals surface area contributed by atoms with Gasteiger partial charge in [-0.15, -0.1) is 0 Å². The summed E-state index contributed by atoms with van der Waals surface area (Å²) in [6.07, 6.45) is 0. The number of benzene rings is 11. The van der Waals surface area contributed by atoms with Crippen LogP contribution in [0, 0.1) is 0 Å². The fourth-order valence-electron chi connectivity index (χ4n) is 13.0. The summed E-state index contributed by atoms with van der Waals surface area (Å²) >= 11 is 0. The maximum absolute atomic E-state index is 2.54. The largest absolute Gasteiger partial charge is 0.309 e. The minimum Gasteiger partial charge on any atom is -0.309 e. The lowest BCUT2D eigenvalue weighted by molar-refractivity contribution is 0.652. The highest BCUT2D eigenvalue weighted by Crippen LogP contribution is 2.57. The number of para-hydroxylation sites is 2. The van der Waals surface area contributed by atoms with Crippen LogP contribution < -0.4 is 0 Å². The minimum absolute atomic E-state index is 0.169. The van der Waals surface area contributed by atoms with Crippen molar-refractivity contribution in [3.63, 3.8) is 0 Å². The second kappa shape index (κ2) is 14.1. The van der Waals surface area contributed by atoms with E-state index in [0.717, 1.165) is 0 Å². The number of nitrogens with zero attached hydrogens (tertiary/aromatic N) is 2. The fourth-order valence-corrected chi connectivity index (χ4v) is 13.0. The zero-order chi connectivity index (χ0) is 46.6. The Labute approximate surface area is 407 Å². The first kappa shape index (κ1) is 39.5. The van der Waals surface area contributed by atoms with Gasteiger partial charge in [-0.2, -0.15) is 0 Å². The van der Waals surface area contributed by atoms with Gasteiger partial charge < -0.3 is 9.13 Å². The molecule has 330 valence electrons. The van der Waals surface area contributed by atoms with E-state index >= 15 is 0 Å². The third-order valence-electron chi connectivity index (χ3n) is 16.5. The molecule has 2 heterocycles. The van der Waals surface area contributed by atoms with Crippen LogP contribution >= 0.6 is 0 Å². The molecule has 2 heteroatoms. The Morgan fingerprint density at radius 2 is 0.600 bits per heavy atom. The van der Waals surface area contributed by atoms with E-state index in [4.69, 9.17) is 0 Å². The second-order valence-electron chi connectivity index (χ2n) is 20.9. The summed E-state index contributed by atoms with van der Waals surface area (Å²) < 4.78 is 4.90. The van der Waals surface area contributed by atoms with Crippen molar-refractivity contribution in [3.8, 4) is 55.9 Å². The highest BCUT2D eigenvalue weighted by Gasteiger charge is 2.42. The Bertz CT molecular complexity index is 4120. The van der Waals surface area contributed by atoms with Crippen molar-refractivity contribution in [2.75, 3.05) is 0 Å². The summed E-state index contributed by atoms with van der Waals surface area (Å²) in [5.41, 5.74) is 23.0. The van der Waals surface area contributed by atoms with Crippen LogP contribution in [0.25, 0.3) is 121 Å². The van der Waals surface area contributed by atoms with E-state index in [1.165, 1.54) is 143 Å². The number of hydrogen-bond acceptors (Lipinski definition) is 0. The van der Waals surface area contributed by atoms with Gasteiger partial charge in [0.15, 0.2) is 0 Å². The Balaban J connectivity index is 0.801. The van der Waals surface area contributed by atoms with E-state index in [1.54, 1.807) is 0 Å². The smallest absolute Gasteiger partial charge is 0.0541 e. The van der Waals surface area contributed by atoms with Crippen LogP contribution in [-0.4, -0.2) is 9.13 Å². The molecular weight excluding hydrogens is 845 g/mol. The molecule has 0 spiro atoms. The lowest BCUT2D eigenvalue weighted by Crippen LogP contribution is -2.17. The Hall–Kier alpha value is -8.46.